The second-order valence-electron chi connectivity index (χ2n) is 5.44. The number of nitrogens with zero attached hydrogens (tertiary/aromatic N) is 2. The molecule has 1 aliphatic carbocycles. The summed E-state index contributed by atoms with van der Waals surface area (Å²) in [5.74, 6) is 0. The molecule has 0 bridgehead atoms. The summed E-state index contributed by atoms with van der Waals surface area (Å²) in [6, 6.07) is 0. The van der Waals surface area contributed by atoms with Gasteiger partial charge in [0.1, 0.15) is 5.15 Å². The smallest absolute Gasteiger partial charge is 0.302 e. The van der Waals surface area contributed by atoms with Gasteiger partial charge < -0.3 is 4.90 Å². The van der Waals surface area contributed by atoms with Crippen molar-refractivity contribution in [3.05, 3.63) is 31.6 Å². The monoisotopic (exact) mass is 285 g/mol. The molecule has 1 aliphatic rings. The normalized spacial score (nSPS) is 17.5. The van der Waals surface area contributed by atoms with Crippen molar-refractivity contribution in [2.45, 2.75) is 44.7 Å². The van der Waals surface area contributed by atoms with Crippen molar-refractivity contribution < 1.29 is 0 Å². The maximum Gasteiger partial charge on any atom is 0.329 e. The third kappa shape index (κ3) is 2.37. The number of aromatic nitrogens is 2. The van der Waals surface area contributed by atoms with Gasteiger partial charge in [0.05, 0.1) is 5.56 Å². The number of halogens is 1. The van der Waals surface area contributed by atoms with E-state index in [2.05, 4.69) is 9.88 Å². The fourth-order valence-electron chi connectivity index (χ4n) is 2.66. The van der Waals surface area contributed by atoms with Gasteiger partial charge in [-0.15, -0.1) is 0 Å². The quantitative estimate of drug-likeness (QED) is 0.847. The molecule has 1 fully saturated rings. The van der Waals surface area contributed by atoms with Crippen molar-refractivity contribution in [2.75, 3.05) is 14.1 Å². The molecule has 1 heterocycles. The van der Waals surface area contributed by atoms with Gasteiger partial charge in [-0.1, -0.05) is 18.5 Å². The van der Waals surface area contributed by atoms with Gasteiger partial charge in [0, 0.05) is 12.1 Å². The van der Waals surface area contributed by atoms with E-state index in [1.807, 2.05) is 21.0 Å². The number of aromatic amines is 1. The highest BCUT2D eigenvalue weighted by Gasteiger charge is 2.40. The zero-order valence-electron chi connectivity index (χ0n) is 11.6. The SMILES string of the molecule is CCc1c(Cl)[nH]c(=O)n(CC2(N(C)C)CCC2)c1=O. The maximum atomic E-state index is 12.3. The Morgan fingerprint density at radius 1 is 1.37 bits per heavy atom. The van der Waals surface area contributed by atoms with Gasteiger partial charge in [-0.3, -0.25) is 14.3 Å². The molecule has 5 nitrogen and oxygen atoms in total. The van der Waals surface area contributed by atoms with Crippen LogP contribution in [-0.2, 0) is 13.0 Å². The van der Waals surface area contributed by atoms with Gasteiger partial charge in [0.2, 0.25) is 0 Å². The highest BCUT2D eigenvalue weighted by molar-refractivity contribution is 6.30. The lowest BCUT2D eigenvalue weighted by Gasteiger charge is -2.47. The van der Waals surface area contributed by atoms with E-state index in [4.69, 9.17) is 11.6 Å². The van der Waals surface area contributed by atoms with E-state index < -0.39 is 5.69 Å². The maximum absolute atomic E-state index is 12.3. The Labute approximate surface area is 117 Å². The molecule has 0 aliphatic heterocycles. The summed E-state index contributed by atoms with van der Waals surface area (Å²) in [4.78, 5) is 29.0. The first-order chi connectivity index (χ1) is 8.91. The van der Waals surface area contributed by atoms with Gasteiger partial charge >= 0.3 is 5.69 Å². The molecule has 1 aromatic heterocycles. The van der Waals surface area contributed by atoms with Crippen LogP contribution >= 0.6 is 11.6 Å². The summed E-state index contributed by atoms with van der Waals surface area (Å²) in [5, 5.41) is 0.168. The van der Waals surface area contributed by atoms with Crippen LogP contribution in [0.4, 0.5) is 0 Å². The van der Waals surface area contributed by atoms with Crippen LogP contribution in [0.15, 0.2) is 9.59 Å². The van der Waals surface area contributed by atoms with Crippen LogP contribution < -0.4 is 11.2 Å². The summed E-state index contributed by atoms with van der Waals surface area (Å²) in [5.41, 5.74) is -0.269. The minimum Gasteiger partial charge on any atom is -0.302 e. The van der Waals surface area contributed by atoms with E-state index >= 15 is 0 Å². The Bertz CT molecular complexity index is 585. The van der Waals surface area contributed by atoms with Crippen LogP contribution in [0, 0.1) is 0 Å². The molecule has 1 aromatic rings. The molecule has 0 saturated heterocycles. The van der Waals surface area contributed by atoms with Crippen LogP contribution in [-0.4, -0.2) is 34.1 Å². The van der Waals surface area contributed by atoms with Crippen LogP contribution in [0.25, 0.3) is 0 Å². The molecule has 19 heavy (non-hydrogen) atoms. The molecular formula is C13H20ClN3O2. The van der Waals surface area contributed by atoms with E-state index in [1.165, 1.54) is 4.57 Å². The Balaban J connectivity index is 2.46. The number of rotatable bonds is 4. The van der Waals surface area contributed by atoms with Crippen molar-refractivity contribution in [3.63, 3.8) is 0 Å². The van der Waals surface area contributed by atoms with Gasteiger partial charge in [-0.2, -0.15) is 0 Å². The molecule has 0 aromatic carbocycles. The molecule has 0 spiro atoms. The van der Waals surface area contributed by atoms with Gasteiger partial charge in [-0.25, -0.2) is 4.79 Å². The average Bonchev–Trinajstić information content (AvgIpc) is 2.26. The van der Waals surface area contributed by atoms with Crippen LogP contribution in [0.3, 0.4) is 0 Å². The van der Waals surface area contributed by atoms with Gasteiger partial charge in [0.15, 0.2) is 0 Å². The van der Waals surface area contributed by atoms with E-state index in [1.54, 1.807) is 0 Å². The first-order valence-electron chi connectivity index (χ1n) is 6.60. The zero-order valence-corrected chi connectivity index (χ0v) is 12.4. The lowest BCUT2D eigenvalue weighted by atomic mass is 9.75. The van der Waals surface area contributed by atoms with E-state index in [0.717, 1.165) is 19.3 Å². The molecule has 0 radical (unpaired) electrons. The Kier molecular flexibility index (Phi) is 3.87. The molecule has 6 heteroatoms. The molecule has 1 saturated carbocycles. The first kappa shape index (κ1) is 14.3. The van der Waals surface area contributed by atoms with Crippen LogP contribution in [0.5, 0.6) is 0 Å². The molecule has 106 valence electrons. The second kappa shape index (κ2) is 5.13. The number of likely N-dealkylation sites (N-methyl/N-ethyl adjacent to an activating group) is 1. The minimum absolute atomic E-state index is 0.0737. The predicted octanol–water partition coefficient (Wildman–Crippen LogP) is 1.24. The molecule has 0 atom stereocenters. The predicted molar refractivity (Wildman–Crippen MR) is 76.0 cm³/mol. The molecular weight excluding hydrogens is 266 g/mol. The molecule has 2 rings (SSSR count). The van der Waals surface area contributed by atoms with E-state index in [0.29, 0.717) is 18.5 Å². The summed E-state index contributed by atoms with van der Waals surface area (Å²) >= 11 is 5.91. The summed E-state index contributed by atoms with van der Waals surface area (Å²) in [6.45, 7) is 2.29. The largest absolute Gasteiger partial charge is 0.329 e. The zero-order chi connectivity index (χ0) is 14.2. The van der Waals surface area contributed by atoms with Crippen molar-refractivity contribution in [1.82, 2.24) is 14.5 Å². The summed E-state index contributed by atoms with van der Waals surface area (Å²) in [6.07, 6.45) is 3.68. The summed E-state index contributed by atoms with van der Waals surface area (Å²) in [7, 11) is 3.99. The average molecular weight is 286 g/mol. The fraction of sp³-hybridized carbons (Fsp3) is 0.692. The van der Waals surface area contributed by atoms with Crippen molar-refractivity contribution in [1.29, 1.82) is 0 Å². The second-order valence-corrected chi connectivity index (χ2v) is 5.82. The number of nitrogens with one attached hydrogen (secondary N) is 1. The van der Waals surface area contributed by atoms with Crippen molar-refractivity contribution in [3.8, 4) is 0 Å². The fourth-order valence-corrected chi connectivity index (χ4v) is 2.96. The first-order valence-corrected chi connectivity index (χ1v) is 6.98. The number of H-pyrrole nitrogens is 1. The van der Waals surface area contributed by atoms with Crippen molar-refractivity contribution in [2.24, 2.45) is 0 Å². The standard InChI is InChI=1S/C13H20ClN3O2/c1-4-9-10(14)15-12(19)17(11(9)18)8-13(16(2)3)6-5-7-13/h4-8H2,1-3H3,(H,15,19). The Morgan fingerprint density at radius 2 is 2.00 bits per heavy atom. The van der Waals surface area contributed by atoms with Crippen molar-refractivity contribution >= 4 is 11.6 Å². The molecule has 1 N–H and O–H groups in total. The van der Waals surface area contributed by atoms with Crippen LogP contribution in [0.1, 0.15) is 31.7 Å². The van der Waals surface area contributed by atoms with Crippen LogP contribution in [0.2, 0.25) is 5.15 Å². The minimum atomic E-state index is -0.416. The Morgan fingerprint density at radius 3 is 2.42 bits per heavy atom. The highest BCUT2D eigenvalue weighted by Crippen LogP contribution is 2.37. The lowest BCUT2D eigenvalue weighted by Crippen LogP contribution is -2.56. The van der Waals surface area contributed by atoms with E-state index in [-0.39, 0.29) is 16.3 Å². The van der Waals surface area contributed by atoms with Gasteiger partial charge in [0.25, 0.3) is 5.56 Å². The third-order valence-electron chi connectivity index (χ3n) is 4.27. The third-order valence-corrected chi connectivity index (χ3v) is 4.59. The van der Waals surface area contributed by atoms with Gasteiger partial charge in [-0.05, 0) is 39.8 Å². The Hall–Kier alpha value is -1.07. The summed E-state index contributed by atoms with van der Waals surface area (Å²) < 4.78 is 1.30. The lowest BCUT2D eigenvalue weighted by molar-refractivity contribution is 0.0400. The highest BCUT2D eigenvalue weighted by atomic mass is 35.5. The molecule has 0 unspecified atom stereocenters. The number of hydrogen-bond acceptors (Lipinski definition) is 3. The molecule has 0 amide bonds. The number of hydrogen-bond donors (Lipinski definition) is 1. The topological polar surface area (TPSA) is 58.1 Å². The van der Waals surface area contributed by atoms with E-state index in [9.17, 15) is 9.59 Å².